The molecule has 0 fully saturated rings. The number of hydrogen-bond donors (Lipinski definition) is 1. The van der Waals surface area contributed by atoms with Crippen LogP contribution in [0.15, 0.2) is 67.4 Å². The second-order valence-corrected chi connectivity index (χ2v) is 6.25. The van der Waals surface area contributed by atoms with Gasteiger partial charge in [0.25, 0.3) is 0 Å². The first-order valence-corrected chi connectivity index (χ1v) is 8.09. The van der Waals surface area contributed by atoms with Crippen LogP contribution >= 0.6 is 0 Å². The van der Waals surface area contributed by atoms with Gasteiger partial charge >= 0.3 is 0 Å². The molecule has 0 bridgehead atoms. The average Bonchev–Trinajstić information content (AvgIpc) is 3.25. The van der Waals surface area contributed by atoms with Crippen LogP contribution in [0.4, 0.5) is 8.78 Å². The van der Waals surface area contributed by atoms with Gasteiger partial charge in [0.1, 0.15) is 29.9 Å². The molecular formula is C19H16F2N4O. The molecule has 7 heteroatoms. The molecule has 26 heavy (non-hydrogen) atoms. The van der Waals surface area contributed by atoms with Crippen LogP contribution in [0.5, 0.6) is 0 Å². The van der Waals surface area contributed by atoms with Gasteiger partial charge in [-0.05, 0) is 23.6 Å². The van der Waals surface area contributed by atoms with Gasteiger partial charge in [0.2, 0.25) is 0 Å². The third-order valence-electron chi connectivity index (χ3n) is 4.43. The predicted molar refractivity (Wildman–Crippen MR) is 92.2 cm³/mol. The number of benzene rings is 2. The van der Waals surface area contributed by atoms with Crippen LogP contribution in [0.25, 0.3) is 10.9 Å². The summed E-state index contributed by atoms with van der Waals surface area (Å²) in [5.74, 6) is -1.50. The maximum atomic E-state index is 14.5. The van der Waals surface area contributed by atoms with E-state index in [-0.39, 0.29) is 18.7 Å². The Morgan fingerprint density at radius 2 is 1.88 bits per heavy atom. The molecule has 0 radical (unpaired) electrons. The Morgan fingerprint density at radius 1 is 1.04 bits per heavy atom. The van der Waals surface area contributed by atoms with Crippen molar-refractivity contribution < 1.29 is 13.9 Å². The van der Waals surface area contributed by atoms with Crippen molar-refractivity contribution in [1.29, 1.82) is 0 Å². The summed E-state index contributed by atoms with van der Waals surface area (Å²) in [5.41, 5.74) is -0.730. The van der Waals surface area contributed by atoms with E-state index in [4.69, 9.17) is 0 Å². The van der Waals surface area contributed by atoms with Crippen molar-refractivity contribution in [3.63, 3.8) is 0 Å². The van der Waals surface area contributed by atoms with Crippen molar-refractivity contribution >= 4 is 10.9 Å². The van der Waals surface area contributed by atoms with E-state index >= 15 is 0 Å². The van der Waals surface area contributed by atoms with Gasteiger partial charge in [-0.2, -0.15) is 5.10 Å². The Balaban J connectivity index is 1.79. The van der Waals surface area contributed by atoms with Gasteiger partial charge in [0.05, 0.1) is 13.1 Å². The van der Waals surface area contributed by atoms with E-state index < -0.39 is 17.2 Å². The number of fused-ring (bicyclic) bond motifs is 1. The molecule has 1 atom stereocenters. The van der Waals surface area contributed by atoms with E-state index in [1.807, 2.05) is 41.1 Å². The number of aromatic nitrogens is 4. The maximum absolute atomic E-state index is 14.5. The average molecular weight is 354 g/mol. The van der Waals surface area contributed by atoms with E-state index in [2.05, 4.69) is 10.1 Å². The number of para-hydroxylation sites is 1. The summed E-state index contributed by atoms with van der Waals surface area (Å²) in [7, 11) is 0. The number of aliphatic hydroxyl groups is 1. The van der Waals surface area contributed by atoms with Gasteiger partial charge in [-0.25, -0.2) is 18.4 Å². The monoisotopic (exact) mass is 354 g/mol. The van der Waals surface area contributed by atoms with Crippen LogP contribution < -0.4 is 0 Å². The third kappa shape index (κ3) is 2.97. The molecule has 2 aromatic carbocycles. The number of hydrogen-bond acceptors (Lipinski definition) is 3. The predicted octanol–water partition coefficient (Wildman–Crippen LogP) is 3.10. The van der Waals surface area contributed by atoms with Gasteiger partial charge in [-0.1, -0.05) is 24.3 Å². The van der Waals surface area contributed by atoms with Gasteiger partial charge in [0.15, 0.2) is 0 Å². The fourth-order valence-corrected chi connectivity index (χ4v) is 3.23. The van der Waals surface area contributed by atoms with Crippen LogP contribution in [-0.2, 0) is 18.7 Å². The first-order chi connectivity index (χ1) is 12.5. The molecule has 1 N–H and O–H groups in total. The zero-order valence-corrected chi connectivity index (χ0v) is 13.8. The lowest BCUT2D eigenvalue weighted by atomic mass is 9.92. The lowest BCUT2D eigenvalue weighted by molar-refractivity contribution is -0.00435. The largest absolute Gasteiger partial charge is 0.381 e. The lowest BCUT2D eigenvalue weighted by Crippen LogP contribution is -2.37. The highest BCUT2D eigenvalue weighted by Gasteiger charge is 2.34. The standard InChI is InChI=1S/C19H16F2N4O/c20-15-5-6-16(17(21)9-15)19(26,11-25-13-22-12-23-25)10-24-8-7-14-3-1-2-4-18(14)24/h1-9,12-13,26H,10-11H2. The van der Waals surface area contributed by atoms with Crippen molar-refractivity contribution in [2.24, 2.45) is 0 Å². The van der Waals surface area contributed by atoms with E-state index in [0.717, 1.165) is 23.0 Å². The van der Waals surface area contributed by atoms with E-state index in [0.29, 0.717) is 0 Å². The van der Waals surface area contributed by atoms with Crippen molar-refractivity contribution in [2.75, 3.05) is 0 Å². The Bertz CT molecular complexity index is 1040. The van der Waals surface area contributed by atoms with Crippen LogP contribution in [-0.4, -0.2) is 24.4 Å². The van der Waals surface area contributed by atoms with Crippen LogP contribution in [0.1, 0.15) is 5.56 Å². The lowest BCUT2D eigenvalue weighted by Gasteiger charge is -2.30. The zero-order valence-electron chi connectivity index (χ0n) is 13.8. The molecule has 5 nitrogen and oxygen atoms in total. The molecule has 4 rings (SSSR count). The highest BCUT2D eigenvalue weighted by atomic mass is 19.1. The molecular weight excluding hydrogens is 338 g/mol. The third-order valence-corrected chi connectivity index (χ3v) is 4.43. The van der Waals surface area contributed by atoms with Crippen LogP contribution in [0.3, 0.4) is 0 Å². The minimum Gasteiger partial charge on any atom is -0.381 e. The quantitative estimate of drug-likeness (QED) is 0.599. The molecule has 0 amide bonds. The van der Waals surface area contributed by atoms with E-state index in [9.17, 15) is 13.9 Å². The van der Waals surface area contributed by atoms with Crippen molar-refractivity contribution in [2.45, 2.75) is 18.7 Å². The molecule has 0 saturated carbocycles. The minimum atomic E-state index is -1.65. The van der Waals surface area contributed by atoms with Crippen molar-refractivity contribution in [3.8, 4) is 0 Å². The normalized spacial score (nSPS) is 13.8. The summed E-state index contributed by atoms with van der Waals surface area (Å²) in [5, 5.41) is 16.4. The molecule has 0 aliphatic rings. The van der Waals surface area contributed by atoms with E-state index in [1.165, 1.54) is 23.4 Å². The number of halogens is 2. The fraction of sp³-hybridized carbons (Fsp3) is 0.158. The highest BCUT2D eigenvalue weighted by molar-refractivity contribution is 5.79. The van der Waals surface area contributed by atoms with E-state index in [1.54, 1.807) is 0 Å². The fourth-order valence-electron chi connectivity index (χ4n) is 3.23. The summed E-state index contributed by atoms with van der Waals surface area (Å²) < 4.78 is 31.1. The number of rotatable bonds is 5. The SMILES string of the molecule is OC(Cn1cncn1)(Cn1ccc2ccccc21)c1ccc(F)cc1F. The molecule has 2 aromatic heterocycles. The zero-order chi connectivity index (χ0) is 18.1. The first-order valence-electron chi connectivity index (χ1n) is 8.09. The summed E-state index contributed by atoms with van der Waals surface area (Å²) in [6.45, 7) is 0.0466. The van der Waals surface area contributed by atoms with Gasteiger partial charge in [0, 0.05) is 23.3 Å². The Morgan fingerprint density at radius 3 is 2.65 bits per heavy atom. The Hall–Kier alpha value is -3.06. The van der Waals surface area contributed by atoms with Gasteiger partial charge < -0.3 is 9.67 Å². The minimum absolute atomic E-state index is 0.00665. The highest BCUT2D eigenvalue weighted by Crippen LogP contribution is 2.30. The van der Waals surface area contributed by atoms with Crippen LogP contribution in [0, 0.1) is 11.6 Å². The second-order valence-electron chi connectivity index (χ2n) is 6.25. The van der Waals surface area contributed by atoms with Crippen molar-refractivity contribution in [3.05, 3.63) is 84.6 Å². The Kier molecular flexibility index (Phi) is 4.00. The molecule has 2 heterocycles. The number of nitrogens with zero attached hydrogens (tertiary/aromatic N) is 4. The topological polar surface area (TPSA) is 55.9 Å². The summed E-state index contributed by atoms with van der Waals surface area (Å²) in [6.07, 6.45) is 4.62. The second kappa shape index (κ2) is 6.34. The Labute approximate surface area is 148 Å². The first kappa shape index (κ1) is 16.4. The molecule has 1 unspecified atom stereocenters. The molecule has 4 aromatic rings. The molecule has 0 saturated heterocycles. The van der Waals surface area contributed by atoms with Crippen molar-refractivity contribution in [1.82, 2.24) is 19.3 Å². The molecule has 0 aliphatic heterocycles. The molecule has 0 aliphatic carbocycles. The maximum Gasteiger partial charge on any atom is 0.137 e. The molecule has 0 spiro atoms. The van der Waals surface area contributed by atoms with Gasteiger partial charge in [-0.15, -0.1) is 0 Å². The smallest absolute Gasteiger partial charge is 0.137 e. The van der Waals surface area contributed by atoms with Crippen LogP contribution in [0.2, 0.25) is 0 Å². The molecule has 132 valence electrons. The summed E-state index contributed by atoms with van der Waals surface area (Å²) >= 11 is 0. The summed E-state index contributed by atoms with van der Waals surface area (Å²) in [4.78, 5) is 3.86. The summed E-state index contributed by atoms with van der Waals surface area (Å²) in [6, 6.07) is 12.8. The van der Waals surface area contributed by atoms with Gasteiger partial charge in [-0.3, -0.25) is 0 Å².